The van der Waals surface area contributed by atoms with Crippen LogP contribution in [0.25, 0.3) is 0 Å². The minimum absolute atomic E-state index is 0.659. The Labute approximate surface area is 69.1 Å². The second-order valence-corrected chi connectivity index (χ2v) is 3.46. The highest BCUT2D eigenvalue weighted by Crippen LogP contribution is 2.13. The molecule has 11 heavy (non-hydrogen) atoms. The summed E-state index contributed by atoms with van der Waals surface area (Å²) in [7, 11) is 4.03. The van der Waals surface area contributed by atoms with Crippen LogP contribution in [0, 0.1) is 5.92 Å². The fourth-order valence-corrected chi connectivity index (χ4v) is 1.74. The monoisotopic (exact) mass is 157 g/mol. The maximum atomic E-state index is 3.32. The highest BCUT2D eigenvalue weighted by molar-refractivity contribution is 4.78. The van der Waals surface area contributed by atoms with E-state index in [1.54, 1.807) is 0 Å². The van der Waals surface area contributed by atoms with Crippen molar-refractivity contribution in [1.29, 1.82) is 0 Å². The van der Waals surface area contributed by atoms with Gasteiger partial charge in [0.2, 0.25) is 0 Å². The molecule has 2 atom stereocenters. The smallest absolute Gasteiger partial charge is 0.0285 e. The van der Waals surface area contributed by atoms with Gasteiger partial charge < -0.3 is 5.32 Å². The summed E-state index contributed by atoms with van der Waals surface area (Å²) in [5.41, 5.74) is 3.19. The maximum absolute atomic E-state index is 3.32. The summed E-state index contributed by atoms with van der Waals surface area (Å²) in [6, 6.07) is 0.659. The predicted molar refractivity (Wildman–Crippen MR) is 47.3 cm³/mol. The average Bonchev–Trinajstić information content (AvgIpc) is 2.03. The van der Waals surface area contributed by atoms with Gasteiger partial charge in [0.05, 0.1) is 0 Å². The van der Waals surface area contributed by atoms with Crippen LogP contribution in [0.1, 0.15) is 13.3 Å². The van der Waals surface area contributed by atoms with Gasteiger partial charge in [-0.15, -0.1) is 0 Å². The normalized spacial score (nSPS) is 34.1. The van der Waals surface area contributed by atoms with Gasteiger partial charge in [-0.05, 0) is 26.4 Å². The molecule has 0 aromatic heterocycles. The van der Waals surface area contributed by atoms with Crippen LogP contribution < -0.4 is 10.7 Å². The van der Waals surface area contributed by atoms with E-state index in [9.17, 15) is 0 Å². The molecule has 3 heteroatoms. The molecule has 0 aliphatic carbocycles. The Kier molecular flexibility index (Phi) is 3.30. The largest absolute Gasteiger partial charge is 0.316 e. The molecule has 0 aromatic rings. The van der Waals surface area contributed by atoms with E-state index in [1.165, 1.54) is 13.0 Å². The van der Waals surface area contributed by atoms with Gasteiger partial charge in [-0.25, -0.2) is 5.01 Å². The van der Waals surface area contributed by atoms with Gasteiger partial charge in [0, 0.05) is 19.1 Å². The predicted octanol–water partition coefficient (Wildman–Crippen LogP) is 0.0506. The number of hydrogen-bond acceptors (Lipinski definition) is 3. The molecule has 1 saturated heterocycles. The van der Waals surface area contributed by atoms with Crippen molar-refractivity contribution >= 4 is 0 Å². The Morgan fingerprint density at radius 3 is 2.55 bits per heavy atom. The van der Waals surface area contributed by atoms with Gasteiger partial charge in [0.15, 0.2) is 0 Å². The van der Waals surface area contributed by atoms with E-state index >= 15 is 0 Å². The lowest BCUT2D eigenvalue weighted by Crippen LogP contribution is -2.51. The molecule has 1 aliphatic heterocycles. The Bertz CT molecular complexity index is 104. The van der Waals surface area contributed by atoms with E-state index in [1.807, 2.05) is 14.1 Å². The summed E-state index contributed by atoms with van der Waals surface area (Å²) < 4.78 is 0. The van der Waals surface area contributed by atoms with Crippen molar-refractivity contribution in [3.8, 4) is 0 Å². The number of rotatable bonds is 2. The molecule has 2 unspecified atom stereocenters. The van der Waals surface area contributed by atoms with Crippen molar-refractivity contribution in [2.24, 2.45) is 5.92 Å². The number of hydrogen-bond donors (Lipinski definition) is 2. The molecule has 0 amide bonds. The minimum Gasteiger partial charge on any atom is -0.316 e. The maximum Gasteiger partial charge on any atom is 0.0285 e. The highest BCUT2D eigenvalue weighted by atomic mass is 15.5. The van der Waals surface area contributed by atoms with Crippen LogP contribution in [0.5, 0.6) is 0 Å². The number of nitrogens with zero attached hydrogens (tertiary/aromatic N) is 1. The quantitative estimate of drug-likeness (QED) is 0.593. The molecule has 3 nitrogen and oxygen atoms in total. The Balaban J connectivity index is 2.37. The van der Waals surface area contributed by atoms with Crippen molar-refractivity contribution in [3.63, 3.8) is 0 Å². The fourth-order valence-electron chi connectivity index (χ4n) is 1.74. The van der Waals surface area contributed by atoms with Gasteiger partial charge >= 0.3 is 0 Å². The van der Waals surface area contributed by atoms with Crippen molar-refractivity contribution in [1.82, 2.24) is 15.8 Å². The lowest BCUT2D eigenvalue weighted by atomic mass is 9.97. The second kappa shape index (κ2) is 4.04. The van der Waals surface area contributed by atoms with Crippen LogP contribution in [0.3, 0.4) is 0 Å². The van der Waals surface area contributed by atoms with Crippen LogP contribution >= 0.6 is 0 Å². The summed E-state index contributed by atoms with van der Waals surface area (Å²) >= 11 is 0. The van der Waals surface area contributed by atoms with Gasteiger partial charge in [0.1, 0.15) is 0 Å². The molecule has 0 spiro atoms. The highest BCUT2D eigenvalue weighted by Gasteiger charge is 2.22. The first-order valence-electron chi connectivity index (χ1n) is 4.36. The van der Waals surface area contributed by atoms with E-state index in [0.717, 1.165) is 12.5 Å². The number of likely N-dealkylation sites (N-methyl/N-ethyl adjacent to an activating group) is 1. The molecule has 1 rings (SSSR count). The van der Waals surface area contributed by atoms with E-state index in [2.05, 4.69) is 22.7 Å². The molecule has 0 saturated carbocycles. The van der Waals surface area contributed by atoms with Crippen LogP contribution in [0.4, 0.5) is 0 Å². The number of hydrazine groups is 1. The van der Waals surface area contributed by atoms with E-state index in [4.69, 9.17) is 0 Å². The van der Waals surface area contributed by atoms with Crippen LogP contribution in [0.2, 0.25) is 0 Å². The van der Waals surface area contributed by atoms with Gasteiger partial charge in [-0.2, -0.15) is 0 Å². The SMILES string of the molecule is CNC1CC(C)CN(NC)C1. The molecule has 1 aliphatic rings. The summed E-state index contributed by atoms with van der Waals surface area (Å²) in [5.74, 6) is 0.800. The molecular formula is C8H19N3. The zero-order valence-corrected chi connectivity index (χ0v) is 7.72. The molecule has 0 aromatic carbocycles. The van der Waals surface area contributed by atoms with Crippen molar-refractivity contribution in [2.75, 3.05) is 27.2 Å². The van der Waals surface area contributed by atoms with Gasteiger partial charge in [-0.1, -0.05) is 6.92 Å². The Morgan fingerprint density at radius 1 is 1.27 bits per heavy atom. The van der Waals surface area contributed by atoms with E-state index in [-0.39, 0.29) is 0 Å². The molecule has 2 N–H and O–H groups in total. The van der Waals surface area contributed by atoms with E-state index in [0.29, 0.717) is 6.04 Å². The summed E-state index contributed by atoms with van der Waals surface area (Å²) in [4.78, 5) is 0. The fraction of sp³-hybridized carbons (Fsp3) is 1.00. The number of nitrogens with one attached hydrogen (secondary N) is 2. The lowest BCUT2D eigenvalue weighted by Gasteiger charge is -2.35. The van der Waals surface area contributed by atoms with Crippen LogP contribution in [-0.2, 0) is 0 Å². The third kappa shape index (κ3) is 2.43. The zero-order valence-electron chi connectivity index (χ0n) is 7.72. The average molecular weight is 157 g/mol. The topological polar surface area (TPSA) is 27.3 Å². The second-order valence-electron chi connectivity index (χ2n) is 3.46. The standard InChI is InChI=1S/C8H19N3/c1-7-4-8(9-2)6-11(5-7)10-3/h7-10H,4-6H2,1-3H3. The van der Waals surface area contributed by atoms with Crippen molar-refractivity contribution in [2.45, 2.75) is 19.4 Å². The molecule has 1 fully saturated rings. The Morgan fingerprint density at radius 2 is 2.00 bits per heavy atom. The molecular weight excluding hydrogens is 138 g/mol. The third-order valence-corrected chi connectivity index (χ3v) is 2.38. The third-order valence-electron chi connectivity index (χ3n) is 2.38. The first-order chi connectivity index (χ1) is 5.26. The molecule has 0 bridgehead atoms. The molecule has 1 heterocycles. The zero-order chi connectivity index (χ0) is 8.27. The summed E-state index contributed by atoms with van der Waals surface area (Å²) in [5, 5.41) is 5.59. The van der Waals surface area contributed by atoms with Crippen molar-refractivity contribution in [3.05, 3.63) is 0 Å². The first kappa shape index (κ1) is 8.97. The van der Waals surface area contributed by atoms with Crippen LogP contribution in [0.15, 0.2) is 0 Å². The van der Waals surface area contributed by atoms with Gasteiger partial charge in [-0.3, -0.25) is 5.43 Å². The summed E-state index contributed by atoms with van der Waals surface area (Å²) in [6.07, 6.45) is 1.30. The minimum atomic E-state index is 0.659. The Hall–Kier alpha value is -0.120. The summed E-state index contributed by atoms with van der Waals surface area (Å²) in [6.45, 7) is 4.60. The molecule has 66 valence electrons. The van der Waals surface area contributed by atoms with Gasteiger partial charge in [0.25, 0.3) is 0 Å². The van der Waals surface area contributed by atoms with Crippen LogP contribution in [-0.4, -0.2) is 38.2 Å². The first-order valence-corrected chi connectivity index (χ1v) is 4.36. The lowest BCUT2D eigenvalue weighted by molar-refractivity contribution is 0.110. The molecule has 0 radical (unpaired) electrons. The number of piperidine rings is 1. The van der Waals surface area contributed by atoms with E-state index < -0.39 is 0 Å². The van der Waals surface area contributed by atoms with Crippen molar-refractivity contribution < 1.29 is 0 Å².